The Morgan fingerprint density at radius 1 is 1.46 bits per heavy atom. The lowest BCUT2D eigenvalue weighted by atomic mass is 9.92. The van der Waals surface area contributed by atoms with Crippen molar-refractivity contribution in [3.8, 4) is 6.07 Å². The molecule has 0 fully saturated rings. The number of amides is 1. The van der Waals surface area contributed by atoms with Crippen LogP contribution in [-0.2, 0) is 4.79 Å². The van der Waals surface area contributed by atoms with Gasteiger partial charge in [0.05, 0.1) is 6.07 Å². The van der Waals surface area contributed by atoms with Gasteiger partial charge in [0.1, 0.15) is 6.42 Å². The van der Waals surface area contributed by atoms with Crippen LogP contribution in [0.1, 0.15) is 33.6 Å². The highest BCUT2D eigenvalue weighted by atomic mass is 16.2. The molecule has 0 N–H and O–H groups in total. The second kappa shape index (κ2) is 4.86. The van der Waals surface area contributed by atoms with Gasteiger partial charge in [-0.1, -0.05) is 20.8 Å². The van der Waals surface area contributed by atoms with Crippen LogP contribution in [0.3, 0.4) is 0 Å². The van der Waals surface area contributed by atoms with Crippen molar-refractivity contribution >= 4 is 5.91 Å². The fourth-order valence-electron chi connectivity index (χ4n) is 0.830. The summed E-state index contributed by atoms with van der Waals surface area (Å²) < 4.78 is 0. The van der Waals surface area contributed by atoms with Crippen molar-refractivity contribution in [1.82, 2.24) is 4.90 Å². The summed E-state index contributed by atoms with van der Waals surface area (Å²) in [4.78, 5) is 12.8. The predicted octanol–water partition coefficient (Wildman–Crippen LogP) is 1.79. The van der Waals surface area contributed by atoms with Crippen LogP contribution in [0, 0.1) is 16.7 Å². The van der Waals surface area contributed by atoms with Crippen LogP contribution in [0.4, 0.5) is 0 Å². The summed E-state index contributed by atoms with van der Waals surface area (Å²) in [5.41, 5.74) is 0.237. The third-order valence-electron chi connectivity index (χ3n) is 1.85. The summed E-state index contributed by atoms with van der Waals surface area (Å²) in [5, 5.41) is 8.32. The lowest BCUT2D eigenvalue weighted by Gasteiger charge is -2.22. The quantitative estimate of drug-likeness (QED) is 0.668. The zero-order valence-corrected chi connectivity index (χ0v) is 8.92. The Morgan fingerprint density at radius 2 is 2.00 bits per heavy atom. The van der Waals surface area contributed by atoms with E-state index in [0.717, 1.165) is 13.0 Å². The highest BCUT2D eigenvalue weighted by Gasteiger charge is 2.13. The summed E-state index contributed by atoms with van der Waals surface area (Å²) >= 11 is 0. The number of hydrogen-bond donors (Lipinski definition) is 0. The Labute approximate surface area is 80.3 Å². The van der Waals surface area contributed by atoms with Crippen LogP contribution in [0.2, 0.25) is 0 Å². The minimum Gasteiger partial charge on any atom is -0.345 e. The fourth-order valence-corrected chi connectivity index (χ4v) is 0.830. The molecule has 0 aliphatic carbocycles. The number of nitriles is 1. The maximum Gasteiger partial charge on any atom is 0.236 e. The largest absolute Gasteiger partial charge is 0.345 e. The highest BCUT2D eigenvalue weighted by Crippen LogP contribution is 2.18. The number of carbonyl (C=O) groups is 1. The second-order valence-corrected chi connectivity index (χ2v) is 4.46. The van der Waals surface area contributed by atoms with Crippen LogP contribution in [0.15, 0.2) is 0 Å². The molecule has 0 rings (SSSR count). The van der Waals surface area contributed by atoms with Crippen LogP contribution >= 0.6 is 0 Å². The van der Waals surface area contributed by atoms with E-state index >= 15 is 0 Å². The maximum absolute atomic E-state index is 11.2. The van der Waals surface area contributed by atoms with E-state index < -0.39 is 0 Å². The fraction of sp³-hybridized carbons (Fsp3) is 0.800. The minimum absolute atomic E-state index is 0.0133. The van der Waals surface area contributed by atoms with Crippen LogP contribution in [0.25, 0.3) is 0 Å². The van der Waals surface area contributed by atoms with Crippen LogP contribution in [0.5, 0.6) is 0 Å². The number of hydrogen-bond acceptors (Lipinski definition) is 2. The first-order chi connectivity index (χ1) is 5.87. The van der Waals surface area contributed by atoms with Gasteiger partial charge >= 0.3 is 0 Å². The molecule has 0 aliphatic rings. The van der Waals surface area contributed by atoms with E-state index in [1.165, 1.54) is 0 Å². The van der Waals surface area contributed by atoms with Gasteiger partial charge in [0, 0.05) is 13.6 Å². The van der Waals surface area contributed by atoms with Gasteiger partial charge in [-0.15, -0.1) is 0 Å². The summed E-state index contributed by atoms with van der Waals surface area (Å²) in [7, 11) is 1.74. The molecule has 0 aromatic heterocycles. The molecule has 0 atom stereocenters. The van der Waals surface area contributed by atoms with Gasteiger partial charge in [-0.3, -0.25) is 4.79 Å². The van der Waals surface area contributed by atoms with E-state index in [9.17, 15) is 4.79 Å². The van der Waals surface area contributed by atoms with Crippen molar-refractivity contribution in [3.05, 3.63) is 0 Å². The molecule has 3 heteroatoms. The number of nitrogens with zero attached hydrogens (tertiary/aromatic N) is 2. The van der Waals surface area contributed by atoms with Gasteiger partial charge < -0.3 is 4.90 Å². The van der Waals surface area contributed by atoms with Gasteiger partial charge in [0.2, 0.25) is 5.91 Å². The standard InChI is InChI=1S/C10H18N2O/c1-10(2,3)6-8-12(4)9(13)5-7-11/h5-6,8H2,1-4H3. The van der Waals surface area contributed by atoms with E-state index in [2.05, 4.69) is 20.8 Å². The molecular formula is C10H18N2O. The van der Waals surface area contributed by atoms with Crippen molar-refractivity contribution in [2.45, 2.75) is 33.6 Å². The minimum atomic E-state index is -0.0910. The molecule has 0 spiro atoms. The third-order valence-corrected chi connectivity index (χ3v) is 1.85. The third kappa shape index (κ3) is 6.15. The molecule has 0 unspecified atom stereocenters. The van der Waals surface area contributed by atoms with Crippen LogP contribution in [-0.4, -0.2) is 24.4 Å². The average Bonchev–Trinajstić information content (AvgIpc) is 1.99. The first-order valence-electron chi connectivity index (χ1n) is 4.48. The zero-order chi connectivity index (χ0) is 10.5. The van der Waals surface area contributed by atoms with Crippen molar-refractivity contribution in [1.29, 1.82) is 5.26 Å². The average molecular weight is 182 g/mol. The first kappa shape index (κ1) is 12.0. The summed E-state index contributed by atoms with van der Waals surface area (Å²) in [6, 6.07) is 1.85. The van der Waals surface area contributed by atoms with E-state index in [1.54, 1.807) is 11.9 Å². The molecule has 74 valence electrons. The lowest BCUT2D eigenvalue weighted by molar-refractivity contribution is -0.129. The zero-order valence-electron chi connectivity index (χ0n) is 8.92. The van der Waals surface area contributed by atoms with E-state index in [1.807, 2.05) is 6.07 Å². The summed E-state index contributed by atoms with van der Waals surface area (Å²) in [5.74, 6) is -0.0910. The Kier molecular flexibility index (Phi) is 4.47. The van der Waals surface area contributed by atoms with E-state index in [0.29, 0.717) is 0 Å². The topological polar surface area (TPSA) is 44.1 Å². The number of rotatable bonds is 3. The summed E-state index contributed by atoms with van der Waals surface area (Å²) in [6.07, 6.45) is 0.946. The molecule has 0 radical (unpaired) electrons. The Bertz CT molecular complexity index is 210. The Hall–Kier alpha value is -1.04. The monoisotopic (exact) mass is 182 g/mol. The highest BCUT2D eigenvalue weighted by molar-refractivity contribution is 5.77. The molecule has 0 saturated heterocycles. The van der Waals surface area contributed by atoms with Crippen molar-refractivity contribution < 1.29 is 4.79 Å². The molecule has 0 bridgehead atoms. The predicted molar refractivity (Wildman–Crippen MR) is 51.9 cm³/mol. The molecular weight excluding hydrogens is 164 g/mol. The molecule has 3 nitrogen and oxygen atoms in total. The Balaban J connectivity index is 3.82. The van der Waals surface area contributed by atoms with Gasteiger partial charge in [0.15, 0.2) is 0 Å². The normalized spacial score (nSPS) is 10.7. The molecule has 1 amide bonds. The van der Waals surface area contributed by atoms with Crippen molar-refractivity contribution in [2.24, 2.45) is 5.41 Å². The molecule has 0 aliphatic heterocycles. The molecule has 0 saturated carbocycles. The van der Waals surface area contributed by atoms with Crippen molar-refractivity contribution in [2.75, 3.05) is 13.6 Å². The molecule has 0 heterocycles. The SMILES string of the molecule is CN(CCC(C)(C)C)C(=O)CC#N. The maximum atomic E-state index is 11.2. The number of carbonyl (C=O) groups excluding carboxylic acids is 1. The Morgan fingerprint density at radius 3 is 2.38 bits per heavy atom. The molecule has 0 aromatic carbocycles. The second-order valence-electron chi connectivity index (χ2n) is 4.46. The van der Waals surface area contributed by atoms with Gasteiger partial charge in [0.25, 0.3) is 0 Å². The van der Waals surface area contributed by atoms with Crippen molar-refractivity contribution in [3.63, 3.8) is 0 Å². The van der Waals surface area contributed by atoms with Crippen LogP contribution < -0.4 is 0 Å². The van der Waals surface area contributed by atoms with Gasteiger partial charge in [-0.2, -0.15) is 5.26 Å². The van der Waals surface area contributed by atoms with E-state index in [4.69, 9.17) is 5.26 Å². The molecule has 0 aromatic rings. The molecule has 13 heavy (non-hydrogen) atoms. The van der Waals surface area contributed by atoms with E-state index in [-0.39, 0.29) is 17.7 Å². The smallest absolute Gasteiger partial charge is 0.236 e. The van der Waals surface area contributed by atoms with Gasteiger partial charge in [-0.05, 0) is 11.8 Å². The first-order valence-corrected chi connectivity index (χ1v) is 4.48. The summed E-state index contributed by atoms with van der Waals surface area (Å²) in [6.45, 7) is 7.13. The van der Waals surface area contributed by atoms with Gasteiger partial charge in [-0.25, -0.2) is 0 Å². The lowest BCUT2D eigenvalue weighted by Crippen LogP contribution is -2.29.